The van der Waals surface area contributed by atoms with Crippen LogP contribution in [0.15, 0.2) is 72.8 Å². The smallest absolute Gasteiger partial charge is 0.231 e. The van der Waals surface area contributed by atoms with Crippen LogP contribution in [0.25, 0.3) is 11.1 Å². The van der Waals surface area contributed by atoms with Gasteiger partial charge in [0.2, 0.25) is 6.79 Å². The summed E-state index contributed by atoms with van der Waals surface area (Å²) in [4.78, 5) is 0. The number of aliphatic hydroxyl groups is 1. The fraction of sp³-hybridized carbons (Fsp3) is 0.394. The first kappa shape index (κ1) is 26.3. The monoisotopic (exact) mass is 513 g/mol. The molecule has 0 bridgehead atoms. The van der Waals surface area contributed by atoms with Crippen LogP contribution < -0.4 is 19.5 Å². The van der Waals surface area contributed by atoms with Crippen LogP contribution in [0.1, 0.15) is 62.1 Å². The van der Waals surface area contributed by atoms with Crippen LogP contribution in [-0.2, 0) is 0 Å². The minimum absolute atomic E-state index is 0.266. The molecule has 1 unspecified atom stereocenters. The van der Waals surface area contributed by atoms with Gasteiger partial charge in [0.25, 0.3) is 0 Å². The first-order chi connectivity index (χ1) is 18.7. The average molecular weight is 514 g/mol. The van der Waals surface area contributed by atoms with E-state index in [2.05, 4.69) is 60.8 Å². The fourth-order valence-corrected chi connectivity index (χ4v) is 5.54. The van der Waals surface area contributed by atoms with E-state index in [4.69, 9.17) is 14.2 Å². The van der Waals surface area contributed by atoms with E-state index in [1.807, 2.05) is 24.3 Å². The van der Waals surface area contributed by atoms with Gasteiger partial charge in [0.05, 0.1) is 0 Å². The summed E-state index contributed by atoms with van der Waals surface area (Å²) in [5.41, 5.74) is 5.83. The molecular formula is C33H39NO4. The van der Waals surface area contributed by atoms with Gasteiger partial charge in [0.1, 0.15) is 18.5 Å². The number of rotatable bonds is 11. The van der Waals surface area contributed by atoms with E-state index >= 15 is 0 Å². The minimum Gasteiger partial charge on any atom is -0.491 e. The zero-order chi connectivity index (χ0) is 26.2. The summed E-state index contributed by atoms with van der Waals surface area (Å²) in [5.74, 6) is 3.09. The molecule has 1 aliphatic heterocycles. The van der Waals surface area contributed by atoms with Crippen molar-refractivity contribution in [2.24, 2.45) is 5.92 Å². The molecule has 2 aliphatic rings. The Labute approximate surface area is 226 Å². The minimum atomic E-state index is -0.532. The zero-order valence-corrected chi connectivity index (χ0v) is 22.3. The second-order valence-corrected chi connectivity index (χ2v) is 10.3. The second-order valence-electron chi connectivity index (χ2n) is 10.3. The SMILES string of the molecule is CC/C(=C(\c1ccccc1)c1ccc(OCC(O)CNCC2CCCCC2)cc1)c1ccc2c(c1)OCO2. The van der Waals surface area contributed by atoms with Crippen molar-refractivity contribution in [3.05, 3.63) is 89.5 Å². The molecule has 1 atom stereocenters. The lowest BCUT2D eigenvalue weighted by atomic mass is 9.88. The van der Waals surface area contributed by atoms with E-state index in [9.17, 15) is 5.11 Å². The predicted octanol–water partition coefficient (Wildman–Crippen LogP) is 6.69. The highest BCUT2D eigenvalue weighted by Gasteiger charge is 2.18. The molecule has 0 amide bonds. The number of hydrogen-bond donors (Lipinski definition) is 2. The molecule has 3 aromatic rings. The van der Waals surface area contributed by atoms with Crippen molar-refractivity contribution < 1.29 is 19.3 Å². The summed E-state index contributed by atoms with van der Waals surface area (Å²) < 4.78 is 17.1. The van der Waals surface area contributed by atoms with E-state index in [0.29, 0.717) is 6.54 Å². The molecule has 0 spiro atoms. The Morgan fingerprint density at radius 3 is 2.37 bits per heavy atom. The van der Waals surface area contributed by atoms with E-state index in [0.717, 1.165) is 52.8 Å². The maximum Gasteiger partial charge on any atom is 0.231 e. The molecule has 0 aromatic heterocycles. The molecule has 1 heterocycles. The maximum atomic E-state index is 10.4. The van der Waals surface area contributed by atoms with Gasteiger partial charge in [-0.2, -0.15) is 0 Å². The van der Waals surface area contributed by atoms with Crippen molar-refractivity contribution in [1.82, 2.24) is 5.32 Å². The number of ether oxygens (including phenoxy) is 3. The molecule has 3 aromatic carbocycles. The average Bonchev–Trinajstić information content (AvgIpc) is 3.44. The summed E-state index contributed by atoms with van der Waals surface area (Å²) in [7, 11) is 0. The molecule has 0 radical (unpaired) electrons. The van der Waals surface area contributed by atoms with Crippen molar-refractivity contribution in [2.45, 2.75) is 51.6 Å². The van der Waals surface area contributed by atoms with Gasteiger partial charge in [-0.05, 0) is 83.8 Å². The number of fused-ring (bicyclic) bond motifs is 1. The third-order valence-electron chi connectivity index (χ3n) is 7.56. The lowest BCUT2D eigenvalue weighted by Gasteiger charge is -2.22. The van der Waals surface area contributed by atoms with Crippen LogP contribution in [0.5, 0.6) is 17.2 Å². The van der Waals surface area contributed by atoms with E-state index in [1.54, 1.807) is 0 Å². The van der Waals surface area contributed by atoms with Gasteiger partial charge in [0, 0.05) is 6.54 Å². The van der Waals surface area contributed by atoms with Crippen molar-refractivity contribution in [3.8, 4) is 17.2 Å². The fourth-order valence-electron chi connectivity index (χ4n) is 5.54. The van der Waals surface area contributed by atoms with Gasteiger partial charge < -0.3 is 24.6 Å². The molecule has 2 N–H and O–H groups in total. The third kappa shape index (κ3) is 6.58. The van der Waals surface area contributed by atoms with Crippen LogP contribution in [0.4, 0.5) is 0 Å². The van der Waals surface area contributed by atoms with E-state index in [-0.39, 0.29) is 13.4 Å². The molecule has 1 saturated carbocycles. The Balaban J connectivity index is 1.29. The lowest BCUT2D eigenvalue weighted by Crippen LogP contribution is -2.34. The molecule has 38 heavy (non-hydrogen) atoms. The first-order valence-electron chi connectivity index (χ1n) is 14.0. The third-order valence-corrected chi connectivity index (χ3v) is 7.56. The Morgan fingerprint density at radius 2 is 1.61 bits per heavy atom. The Kier molecular flexibility index (Phi) is 9.00. The summed E-state index contributed by atoms with van der Waals surface area (Å²) in [6.07, 6.45) is 6.99. The normalized spacial score (nSPS) is 16.7. The van der Waals surface area contributed by atoms with Crippen LogP contribution >= 0.6 is 0 Å². The quantitative estimate of drug-likeness (QED) is 0.280. The van der Waals surface area contributed by atoms with Gasteiger partial charge in [0.15, 0.2) is 11.5 Å². The molecule has 5 nitrogen and oxygen atoms in total. The van der Waals surface area contributed by atoms with Crippen molar-refractivity contribution in [3.63, 3.8) is 0 Å². The molecule has 1 fully saturated rings. The van der Waals surface area contributed by atoms with Gasteiger partial charge in [-0.25, -0.2) is 0 Å². The van der Waals surface area contributed by atoms with Gasteiger partial charge in [-0.3, -0.25) is 0 Å². The highest BCUT2D eigenvalue weighted by Crippen LogP contribution is 2.39. The Morgan fingerprint density at radius 1 is 0.895 bits per heavy atom. The van der Waals surface area contributed by atoms with Crippen LogP contribution in [0.2, 0.25) is 0 Å². The summed E-state index contributed by atoms with van der Waals surface area (Å²) in [6, 6.07) is 24.9. The van der Waals surface area contributed by atoms with Crippen molar-refractivity contribution >= 4 is 11.1 Å². The molecule has 5 rings (SSSR count). The molecule has 0 saturated heterocycles. The summed E-state index contributed by atoms with van der Waals surface area (Å²) in [6.45, 7) is 4.27. The number of aliphatic hydroxyl groups excluding tert-OH is 1. The topological polar surface area (TPSA) is 60.0 Å². The lowest BCUT2D eigenvalue weighted by molar-refractivity contribution is 0.105. The van der Waals surface area contributed by atoms with Crippen LogP contribution in [0, 0.1) is 5.92 Å². The van der Waals surface area contributed by atoms with Gasteiger partial charge >= 0.3 is 0 Å². The maximum absolute atomic E-state index is 10.4. The molecular weight excluding hydrogens is 474 g/mol. The van der Waals surface area contributed by atoms with Gasteiger partial charge in [-0.1, -0.05) is 74.7 Å². The summed E-state index contributed by atoms with van der Waals surface area (Å²) in [5, 5.41) is 13.8. The predicted molar refractivity (Wildman–Crippen MR) is 153 cm³/mol. The van der Waals surface area contributed by atoms with Crippen LogP contribution in [0.3, 0.4) is 0 Å². The second kappa shape index (κ2) is 13.0. The molecule has 200 valence electrons. The Hall–Kier alpha value is -3.28. The number of hydrogen-bond acceptors (Lipinski definition) is 5. The van der Waals surface area contributed by atoms with Crippen molar-refractivity contribution in [2.75, 3.05) is 26.5 Å². The Bertz CT molecular complexity index is 1200. The zero-order valence-electron chi connectivity index (χ0n) is 22.3. The largest absolute Gasteiger partial charge is 0.491 e. The first-order valence-corrected chi connectivity index (χ1v) is 14.0. The standard InChI is InChI=1S/C33H39NO4/c1-2-30(27-15-18-31-32(19-27)38-23-37-31)33(25-11-7-4-8-12-25)26-13-16-29(17-14-26)36-22-28(35)21-34-20-24-9-5-3-6-10-24/h4,7-8,11-19,24,28,34-35H,2-3,5-6,9-10,20-23H2,1H3/b33-30-. The summed E-state index contributed by atoms with van der Waals surface area (Å²) >= 11 is 0. The van der Waals surface area contributed by atoms with Crippen LogP contribution in [-0.4, -0.2) is 37.7 Å². The van der Waals surface area contributed by atoms with E-state index < -0.39 is 6.10 Å². The number of allylic oxidation sites excluding steroid dienone is 1. The van der Waals surface area contributed by atoms with Gasteiger partial charge in [-0.15, -0.1) is 0 Å². The molecule has 5 heteroatoms. The van der Waals surface area contributed by atoms with Crippen molar-refractivity contribution in [1.29, 1.82) is 0 Å². The number of nitrogens with one attached hydrogen (secondary N) is 1. The highest BCUT2D eigenvalue weighted by molar-refractivity contribution is 5.98. The molecule has 1 aliphatic carbocycles. The highest BCUT2D eigenvalue weighted by atomic mass is 16.7. The van der Waals surface area contributed by atoms with E-state index in [1.165, 1.54) is 43.3 Å². The number of benzene rings is 3.